The van der Waals surface area contributed by atoms with Gasteiger partial charge in [-0.3, -0.25) is 4.79 Å². The van der Waals surface area contributed by atoms with E-state index >= 15 is 0 Å². The van der Waals surface area contributed by atoms with E-state index < -0.39 is 6.10 Å². The van der Waals surface area contributed by atoms with E-state index in [0.717, 1.165) is 36.0 Å². The summed E-state index contributed by atoms with van der Waals surface area (Å²) in [6, 6.07) is 6.06. The topological polar surface area (TPSA) is 55.6 Å². The summed E-state index contributed by atoms with van der Waals surface area (Å²) >= 11 is 3.46. The van der Waals surface area contributed by atoms with Crippen LogP contribution < -0.4 is 10.5 Å². The van der Waals surface area contributed by atoms with E-state index in [4.69, 9.17) is 10.5 Å². The standard InChI is InChI=1S/C15H21BrN2O2/c1-10-3-4-14(13(16)9-10)20-11(2)15(19)18-7-5-12(17)6-8-18/h3-4,9,11-12H,5-8,17H2,1-2H3. The van der Waals surface area contributed by atoms with Gasteiger partial charge in [0, 0.05) is 19.1 Å². The lowest BCUT2D eigenvalue weighted by Gasteiger charge is -2.32. The largest absolute Gasteiger partial charge is 0.480 e. The molecular weight excluding hydrogens is 320 g/mol. The Morgan fingerprint density at radius 2 is 2.10 bits per heavy atom. The van der Waals surface area contributed by atoms with Gasteiger partial charge in [0.15, 0.2) is 6.10 Å². The van der Waals surface area contributed by atoms with Gasteiger partial charge in [0.1, 0.15) is 5.75 Å². The molecule has 2 rings (SSSR count). The van der Waals surface area contributed by atoms with Gasteiger partial charge in [-0.05, 0) is 60.3 Å². The maximum atomic E-state index is 12.3. The second-order valence-electron chi connectivity index (χ2n) is 5.36. The monoisotopic (exact) mass is 340 g/mol. The van der Waals surface area contributed by atoms with Crippen LogP contribution in [0.25, 0.3) is 0 Å². The van der Waals surface area contributed by atoms with Gasteiger partial charge in [0.05, 0.1) is 4.47 Å². The Morgan fingerprint density at radius 3 is 2.70 bits per heavy atom. The first-order valence-corrected chi connectivity index (χ1v) is 7.74. The first-order valence-electron chi connectivity index (χ1n) is 6.94. The minimum Gasteiger partial charge on any atom is -0.480 e. The van der Waals surface area contributed by atoms with Gasteiger partial charge in [0.25, 0.3) is 5.91 Å². The molecule has 0 bridgehead atoms. The number of likely N-dealkylation sites (tertiary alicyclic amines) is 1. The van der Waals surface area contributed by atoms with Gasteiger partial charge >= 0.3 is 0 Å². The number of nitrogens with two attached hydrogens (primary N) is 1. The third-order valence-corrected chi connectivity index (χ3v) is 4.21. The van der Waals surface area contributed by atoms with Crippen molar-refractivity contribution in [3.05, 3.63) is 28.2 Å². The number of piperidine rings is 1. The normalized spacial score (nSPS) is 17.9. The van der Waals surface area contributed by atoms with Crippen molar-refractivity contribution in [2.45, 2.75) is 38.8 Å². The summed E-state index contributed by atoms with van der Waals surface area (Å²) in [4.78, 5) is 14.2. The number of hydrogen-bond donors (Lipinski definition) is 1. The lowest BCUT2D eigenvalue weighted by atomic mass is 10.1. The SMILES string of the molecule is Cc1ccc(OC(C)C(=O)N2CCC(N)CC2)c(Br)c1. The summed E-state index contributed by atoms with van der Waals surface area (Å²) in [6.45, 7) is 5.26. The molecule has 0 radical (unpaired) electrons. The molecular formula is C15H21BrN2O2. The fourth-order valence-corrected chi connectivity index (χ4v) is 2.91. The van der Waals surface area contributed by atoms with E-state index in [1.54, 1.807) is 6.92 Å². The number of rotatable bonds is 3. The maximum Gasteiger partial charge on any atom is 0.263 e. The molecule has 1 saturated heterocycles. The van der Waals surface area contributed by atoms with Crippen molar-refractivity contribution in [2.24, 2.45) is 5.73 Å². The molecule has 1 aromatic carbocycles. The zero-order chi connectivity index (χ0) is 14.7. The molecule has 1 fully saturated rings. The van der Waals surface area contributed by atoms with Crippen molar-refractivity contribution in [2.75, 3.05) is 13.1 Å². The highest BCUT2D eigenvalue weighted by Crippen LogP contribution is 2.27. The van der Waals surface area contributed by atoms with Crippen LogP contribution in [0, 0.1) is 6.92 Å². The molecule has 0 saturated carbocycles. The van der Waals surface area contributed by atoms with Crippen LogP contribution in [0.1, 0.15) is 25.3 Å². The van der Waals surface area contributed by atoms with Crippen molar-refractivity contribution < 1.29 is 9.53 Å². The number of amides is 1. The Morgan fingerprint density at radius 1 is 1.45 bits per heavy atom. The molecule has 1 atom stereocenters. The fourth-order valence-electron chi connectivity index (χ4n) is 2.32. The average Bonchev–Trinajstić information content (AvgIpc) is 2.42. The van der Waals surface area contributed by atoms with Gasteiger partial charge in [-0.2, -0.15) is 0 Å². The average molecular weight is 341 g/mol. The van der Waals surface area contributed by atoms with Crippen LogP contribution >= 0.6 is 15.9 Å². The predicted octanol–water partition coefficient (Wildman–Crippen LogP) is 2.47. The molecule has 0 aliphatic carbocycles. The van der Waals surface area contributed by atoms with Crippen LogP contribution in [0.3, 0.4) is 0 Å². The molecule has 0 spiro atoms. The second-order valence-corrected chi connectivity index (χ2v) is 6.21. The van der Waals surface area contributed by atoms with E-state index in [1.165, 1.54) is 0 Å². The first-order chi connectivity index (χ1) is 9.47. The van der Waals surface area contributed by atoms with Crippen LogP contribution in [0.4, 0.5) is 0 Å². The van der Waals surface area contributed by atoms with Crippen molar-refractivity contribution >= 4 is 21.8 Å². The molecule has 2 N–H and O–H groups in total. The number of hydrogen-bond acceptors (Lipinski definition) is 3. The predicted molar refractivity (Wildman–Crippen MR) is 82.8 cm³/mol. The van der Waals surface area contributed by atoms with E-state index in [9.17, 15) is 4.79 Å². The molecule has 1 aromatic rings. The number of nitrogens with zero attached hydrogens (tertiary/aromatic N) is 1. The number of aryl methyl sites for hydroxylation is 1. The van der Waals surface area contributed by atoms with Gasteiger partial charge in [-0.15, -0.1) is 0 Å². The quantitative estimate of drug-likeness (QED) is 0.919. The van der Waals surface area contributed by atoms with Crippen LogP contribution in [0.5, 0.6) is 5.75 Å². The third-order valence-electron chi connectivity index (χ3n) is 3.59. The van der Waals surface area contributed by atoms with E-state index in [1.807, 2.05) is 30.0 Å². The molecule has 20 heavy (non-hydrogen) atoms. The lowest BCUT2D eigenvalue weighted by Crippen LogP contribution is -2.47. The second kappa shape index (κ2) is 6.59. The van der Waals surface area contributed by atoms with Gasteiger partial charge in [-0.1, -0.05) is 6.07 Å². The molecule has 5 heteroatoms. The molecule has 1 heterocycles. The highest BCUT2D eigenvalue weighted by Gasteiger charge is 2.26. The van der Waals surface area contributed by atoms with Crippen molar-refractivity contribution in [3.8, 4) is 5.75 Å². The van der Waals surface area contributed by atoms with Crippen LogP contribution in [-0.2, 0) is 4.79 Å². The van der Waals surface area contributed by atoms with Gasteiger partial charge in [0.2, 0.25) is 0 Å². The minimum absolute atomic E-state index is 0.0318. The maximum absolute atomic E-state index is 12.3. The summed E-state index contributed by atoms with van der Waals surface area (Å²) in [6.07, 6.45) is 1.25. The van der Waals surface area contributed by atoms with E-state index in [2.05, 4.69) is 15.9 Å². The molecule has 4 nitrogen and oxygen atoms in total. The number of ether oxygens (including phenoxy) is 1. The number of carbonyl (C=O) groups is 1. The Kier molecular flexibility index (Phi) is 5.05. The zero-order valence-corrected chi connectivity index (χ0v) is 13.5. The highest BCUT2D eigenvalue weighted by atomic mass is 79.9. The van der Waals surface area contributed by atoms with E-state index in [-0.39, 0.29) is 11.9 Å². The highest BCUT2D eigenvalue weighted by molar-refractivity contribution is 9.10. The summed E-state index contributed by atoms with van der Waals surface area (Å²) in [7, 11) is 0. The minimum atomic E-state index is -0.483. The van der Waals surface area contributed by atoms with Crippen LogP contribution in [0.15, 0.2) is 22.7 Å². The molecule has 0 aromatic heterocycles. The van der Waals surface area contributed by atoms with Crippen LogP contribution in [0.2, 0.25) is 0 Å². The number of halogens is 1. The van der Waals surface area contributed by atoms with E-state index in [0.29, 0.717) is 5.75 Å². The van der Waals surface area contributed by atoms with Gasteiger partial charge in [-0.25, -0.2) is 0 Å². The smallest absolute Gasteiger partial charge is 0.263 e. The zero-order valence-electron chi connectivity index (χ0n) is 11.9. The Labute approximate surface area is 128 Å². The third kappa shape index (κ3) is 3.73. The Bertz CT molecular complexity index is 485. The summed E-state index contributed by atoms with van der Waals surface area (Å²) in [5, 5.41) is 0. The molecule has 1 aliphatic rings. The van der Waals surface area contributed by atoms with Gasteiger partial charge < -0.3 is 15.4 Å². The molecule has 1 amide bonds. The Hall–Kier alpha value is -1.07. The van der Waals surface area contributed by atoms with Crippen molar-refractivity contribution in [3.63, 3.8) is 0 Å². The number of carbonyl (C=O) groups excluding carboxylic acids is 1. The van der Waals surface area contributed by atoms with Crippen molar-refractivity contribution in [1.82, 2.24) is 4.90 Å². The fraction of sp³-hybridized carbons (Fsp3) is 0.533. The molecule has 1 unspecified atom stereocenters. The summed E-state index contributed by atoms with van der Waals surface area (Å²) < 4.78 is 6.65. The summed E-state index contributed by atoms with van der Waals surface area (Å²) in [5.41, 5.74) is 7.00. The Balaban J connectivity index is 1.97. The van der Waals surface area contributed by atoms with Crippen LogP contribution in [-0.4, -0.2) is 36.0 Å². The number of benzene rings is 1. The molecule has 110 valence electrons. The first kappa shape index (κ1) is 15.3. The lowest BCUT2D eigenvalue weighted by molar-refractivity contribution is -0.139. The van der Waals surface area contributed by atoms with Crippen molar-refractivity contribution in [1.29, 1.82) is 0 Å². The summed E-state index contributed by atoms with van der Waals surface area (Å²) in [5.74, 6) is 0.731. The molecule has 1 aliphatic heterocycles.